The molecule has 4 atom stereocenters. The molecule has 1 N–H and O–H groups in total. The highest BCUT2D eigenvalue weighted by molar-refractivity contribution is 8.93. The Morgan fingerprint density at radius 2 is 1.72 bits per heavy atom. The van der Waals surface area contributed by atoms with Crippen molar-refractivity contribution in [3.8, 4) is 0 Å². The third-order valence-corrected chi connectivity index (χ3v) is 8.26. The number of benzene rings is 1. The van der Waals surface area contributed by atoms with Crippen LogP contribution in [-0.4, -0.2) is 55.5 Å². The van der Waals surface area contributed by atoms with Crippen LogP contribution in [0.15, 0.2) is 54.1 Å². The van der Waals surface area contributed by atoms with Crippen LogP contribution in [0, 0.1) is 17.8 Å². The molecule has 39 heavy (non-hydrogen) atoms. The van der Waals surface area contributed by atoms with E-state index in [9.17, 15) is 9.59 Å². The molecule has 6 heteroatoms. The third kappa shape index (κ3) is 10.3. The lowest BCUT2D eigenvalue weighted by Gasteiger charge is -2.37. The van der Waals surface area contributed by atoms with Crippen LogP contribution in [0.5, 0.6) is 0 Å². The summed E-state index contributed by atoms with van der Waals surface area (Å²) in [5.41, 5.74) is 1.82. The number of hydrogen-bond donors (Lipinski definition) is 1. The van der Waals surface area contributed by atoms with E-state index in [2.05, 4.69) is 42.3 Å². The van der Waals surface area contributed by atoms with Gasteiger partial charge in [0.25, 0.3) is 0 Å². The second-order valence-electron chi connectivity index (χ2n) is 11.7. The van der Waals surface area contributed by atoms with Gasteiger partial charge in [0.05, 0.1) is 12.5 Å². The van der Waals surface area contributed by atoms with Crippen LogP contribution in [-0.2, 0) is 14.3 Å². The first-order chi connectivity index (χ1) is 18.0. The summed E-state index contributed by atoms with van der Waals surface area (Å²) >= 11 is 0. The highest BCUT2D eigenvalue weighted by Gasteiger charge is 2.33. The van der Waals surface area contributed by atoms with E-state index in [4.69, 9.17) is 4.74 Å². The number of ketones is 1. The lowest BCUT2D eigenvalue weighted by Crippen LogP contribution is -2.44. The van der Waals surface area contributed by atoms with Crippen LogP contribution < -0.4 is 5.32 Å². The molecule has 0 radical (unpaired) electrons. The molecule has 0 aromatic heterocycles. The largest absolute Gasteiger partial charge is 0.460 e. The van der Waals surface area contributed by atoms with Crippen LogP contribution in [0.1, 0.15) is 84.1 Å². The fraction of sp³-hybridized carbons (Fsp3) is 0.636. The second-order valence-corrected chi connectivity index (χ2v) is 11.7. The average molecular weight is 604 g/mol. The van der Waals surface area contributed by atoms with E-state index in [1.54, 1.807) is 0 Å². The standard InChI is InChI=1S/C32H46N2O3.CH4.BrH/c1-24-18-25(2)22-34(21-24)23-29(26-12-6-3-7-13-26)32(36)37-31(28-16-10-5-11-17-28)20-33-19-30(35)27-14-8-4-9-15-27;;/h3,6-8,12-15,24-25,28-29,31,33H,4-5,9-11,16-23H2,1-2H3;1H4;1H/t24?,25?,29?,31-;;/m0../s1. The maximum absolute atomic E-state index is 13.8. The summed E-state index contributed by atoms with van der Waals surface area (Å²) in [6.45, 7) is 8.18. The Balaban J connectivity index is 0.00000267. The number of likely N-dealkylation sites (tertiary alicyclic amines) is 1. The first-order valence-electron chi connectivity index (χ1n) is 14.6. The molecule has 5 nitrogen and oxygen atoms in total. The van der Waals surface area contributed by atoms with Crippen LogP contribution in [0.3, 0.4) is 0 Å². The van der Waals surface area contributed by atoms with Crippen molar-refractivity contribution in [1.29, 1.82) is 0 Å². The summed E-state index contributed by atoms with van der Waals surface area (Å²) in [6.07, 6.45) is 14.8. The number of halogens is 1. The van der Waals surface area contributed by atoms with Crippen LogP contribution >= 0.6 is 17.0 Å². The zero-order chi connectivity index (χ0) is 26.0. The molecule has 1 saturated heterocycles. The highest BCUT2D eigenvalue weighted by atomic mass is 79.9. The van der Waals surface area contributed by atoms with Gasteiger partial charge >= 0.3 is 5.97 Å². The fourth-order valence-corrected chi connectivity index (χ4v) is 6.49. The van der Waals surface area contributed by atoms with Crippen molar-refractivity contribution in [3.05, 3.63) is 59.7 Å². The average Bonchev–Trinajstić information content (AvgIpc) is 2.92. The van der Waals surface area contributed by atoms with E-state index in [1.807, 2.05) is 30.4 Å². The Hall–Kier alpha value is -1.76. The molecular weight excluding hydrogens is 552 g/mol. The van der Waals surface area contributed by atoms with Crippen LogP contribution in [0.25, 0.3) is 0 Å². The SMILES string of the molecule is Br.C.CC1CC(C)CN(CC(C(=O)O[C@@H](CNCC(=O)C2=CCCC=C2)C2CCCCC2)c2ccccc2)C1. The maximum Gasteiger partial charge on any atom is 0.315 e. The summed E-state index contributed by atoms with van der Waals surface area (Å²) in [6, 6.07) is 10.1. The Labute approximate surface area is 247 Å². The Kier molecular flexibility index (Phi) is 14.7. The van der Waals surface area contributed by atoms with Crippen molar-refractivity contribution in [1.82, 2.24) is 10.2 Å². The van der Waals surface area contributed by atoms with E-state index < -0.39 is 0 Å². The van der Waals surface area contributed by atoms with Crippen LogP contribution in [0.2, 0.25) is 0 Å². The first kappa shape index (κ1) is 33.4. The molecule has 1 aromatic rings. The van der Waals surface area contributed by atoms with Crippen LogP contribution in [0.4, 0.5) is 0 Å². The molecule has 0 amide bonds. The van der Waals surface area contributed by atoms with Crippen molar-refractivity contribution in [2.45, 2.75) is 84.7 Å². The Morgan fingerprint density at radius 1 is 1.03 bits per heavy atom. The summed E-state index contributed by atoms with van der Waals surface area (Å²) < 4.78 is 6.36. The number of esters is 1. The normalized spacial score (nSPS) is 23.5. The van der Waals surface area contributed by atoms with Gasteiger partial charge in [-0.05, 0) is 55.4 Å². The maximum atomic E-state index is 13.8. The zero-order valence-corrected chi connectivity index (χ0v) is 25.0. The smallest absolute Gasteiger partial charge is 0.315 e. The number of Topliss-reactive ketones (excluding diaryl/α,β-unsaturated/α-hetero) is 1. The van der Waals surface area contributed by atoms with Gasteiger partial charge in [-0.1, -0.05) is 89.1 Å². The van der Waals surface area contributed by atoms with Crippen molar-refractivity contribution in [3.63, 3.8) is 0 Å². The monoisotopic (exact) mass is 602 g/mol. The molecule has 2 aliphatic carbocycles. The topological polar surface area (TPSA) is 58.6 Å². The number of nitrogens with zero attached hydrogens (tertiary/aromatic N) is 1. The second kappa shape index (κ2) is 17.1. The van der Waals surface area contributed by atoms with Gasteiger partial charge in [0.15, 0.2) is 5.78 Å². The molecule has 0 spiro atoms. The van der Waals surface area contributed by atoms with Crippen molar-refractivity contribution >= 4 is 28.7 Å². The zero-order valence-electron chi connectivity index (χ0n) is 23.3. The van der Waals surface area contributed by atoms with E-state index in [0.29, 0.717) is 30.8 Å². The minimum absolute atomic E-state index is 0. The van der Waals surface area contributed by atoms with Gasteiger partial charge in [0, 0.05) is 31.8 Å². The van der Waals surface area contributed by atoms with Crippen molar-refractivity contribution in [2.75, 3.05) is 32.7 Å². The molecule has 1 aliphatic heterocycles. The molecule has 3 unspecified atom stereocenters. The molecule has 3 aliphatic rings. The molecule has 0 bridgehead atoms. The van der Waals surface area contributed by atoms with Gasteiger partial charge in [-0.15, -0.1) is 17.0 Å². The summed E-state index contributed by atoms with van der Waals surface area (Å²) in [7, 11) is 0. The summed E-state index contributed by atoms with van der Waals surface area (Å²) in [5.74, 6) is 1.31. The predicted octanol–water partition coefficient (Wildman–Crippen LogP) is 6.89. The predicted molar refractivity (Wildman–Crippen MR) is 166 cm³/mol. The van der Waals surface area contributed by atoms with Crippen molar-refractivity contribution in [2.24, 2.45) is 17.8 Å². The number of allylic oxidation sites excluding steroid dienone is 3. The third-order valence-electron chi connectivity index (χ3n) is 8.26. The van der Waals surface area contributed by atoms with Gasteiger partial charge in [0.1, 0.15) is 6.10 Å². The number of ether oxygens (including phenoxy) is 1. The number of hydrogen-bond acceptors (Lipinski definition) is 5. The molecule has 4 rings (SSSR count). The lowest BCUT2D eigenvalue weighted by atomic mass is 9.85. The number of piperidine rings is 1. The van der Waals surface area contributed by atoms with Gasteiger partial charge in [-0.25, -0.2) is 0 Å². The fourth-order valence-electron chi connectivity index (χ4n) is 6.49. The van der Waals surface area contributed by atoms with Crippen molar-refractivity contribution < 1.29 is 14.3 Å². The summed E-state index contributed by atoms with van der Waals surface area (Å²) in [5, 5.41) is 3.35. The van der Waals surface area contributed by atoms with Gasteiger partial charge in [0.2, 0.25) is 0 Å². The number of rotatable bonds is 11. The summed E-state index contributed by atoms with van der Waals surface area (Å²) in [4.78, 5) is 28.9. The molecule has 1 saturated carbocycles. The number of carbonyl (C=O) groups excluding carboxylic acids is 2. The lowest BCUT2D eigenvalue weighted by molar-refractivity contribution is -0.155. The first-order valence-corrected chi connectivity index (χ1v) is 14.6. The minimum Gasteiger partial charge on any atom is -0.460 e. The van der Waals surface area contributed by atoms with E-state index in [0.717, 1.165) is 49.9 Å². The minimum atomic E-state index is -0.302. The molecule has 1 aromatic carbocycles. The Bertz CT molecular complexity index is 932. The quantitative estimate of drug-likeness (QED) is 0.279. The van der Waals surface area contributed by atoms with Gasteiger partial charge in [-0.3, -0.25) is 9.59 Å². The van der Waals surface area contributed by atoms with Gasteiger partial charge < -0.3 is 15.0 Å². The van der Waals surface area contributed by atoms with E-state index in [1.165, 1.54) is 25.7 Å². The number of nitrogens with one attached hydrogen (secondary N) is 1. The molecule has 1 heterocycles. The van der Waals surface area contributed by atoms with E-state index >= 15 is 0 Å². The van der Waals surface area contributed by atoms with Gasteiger partial charge in [-0.2, -0.15) is 0 Å². The highest BCUT2D eigenvalue weighted by Crippen LogP contribution is 2.30. The Morgan fingerprint density at radius 3 is 2.36 bits per heavy atom. The van der Waals surface area contributed by atoms with E-state index in [-0.39, 0.29) is 54.7 Å². The molecule has 218 valence electrons. The molecule has 2 fully saturated rings. The number of carbonyl (C=O) groups is 2. The molecular formula is C33H51BrN2O3.